The Morgan fingerprint density at radius 1 is 1.42 bits per heavy atom. The van der Waals surface area contributed by atoms with Crippen LogP contribution in [0.1, 0.15) is 41.4 Å². The number of halogens is 1. The molecule has 1 N–H and O–H groups in total. The van der Waals surface area contributed by atoms with E-state index in [9.17, 15) is 4.79 Å². The summed E-state index contributed by atoms with van der Waals surface area (Å²) in [5.41, 5.74) is 2.67. The Morgan fingerprint density at radius 2 is 2.16 bits per heavy atom. The standard InChI is InChI=1S/C14H15BrN2OS/c1-8(2)11-7-19-14(16-11)17-13(18)10-6-4-5-9(3)12(10)15/h4-8H,1-3H3,(H,16,17,18). The smallest absolute Gasteiger partial charge is 0.258 e. The molecule has 0 bridgehead atoms. The highest BCUT2D eigenvalue weighted by Gasteiger charge is 2.13. The molecule has 0 saturated heterocycles. The minimum Gasteiger partial charge on any atom is -0.298 e. The molecular formula is C14H15BrN2OS. The van der Waals surface area contributed by atoms with Gasteiger partial charge >= 0.3 is 0 Å². The normalized spacial score (nSPS) is 10.8. The van der Waals surface area contributed by atoms with Gasteiger partial charge in [0.2, 0.25) is 0 Å². The van der Waals surface area contributed by atoms with Gasteiger partial charge in [0.15, 0.2) is 5.13 Å². The van der Waals surface area contributed by atoms with Gasteiger partial charge in [0.25, 0.3) is 5.91 Å². The van der Waals surface area contributed by atoms with E-state index in [1.807, 2.05) is 24.4 Å². The van der Waals surface area contributed by atoms with Crippen LogP contribution in [0, 0.1) is 6.92 Å². The van der Waals surface area contributed by atoms with Crippen molar-refractivity contribution in [3.63, 3.8) is 0 Å². The lowest BCUT2D eigenvalue weighted by Crippen LogP contribution is -2.12. The molecule has 19 heavy (non-hydrogen) atoms. The lowest BCUT2D eigenvalue weighted by molar-refractivity contribution is 0.102. The van der Waals surface area contributed by atoms with Crippen molar-refractivity contribution in [2.45, 2.75) is 26.7 Å². The third-order valence-corrected chi connectivity index (χ3v) is 4.60. The largest absolute Gasteiger partial charge is 0.298 e. The quantitative estimate of drug-likeness (QED) is 0.889. The number of amides is 1. The van der Waals surface area contributed by atoms with E-state index in [1.54, 1.807) is 6.07 Å². The van der Waals surface area contributed by atoms with Gasteiger partial charge in [0.05, 0.1) is 11.3 Å². The zero-order valence-corrected chi connectivity index (χ0v) is 13.4. The maximum absolute atomic E-state index is 12.2. The zero-order chi connectivity index (χ0) is 14.0. The summed E-state index contributed by atoms with van der Waals surface area (Å²) in [6.45, 7) is 6.12. The molecule has 5 heteroatoms. The van der Waals surface area contributed by atoms with Gasteiger partial charge in [-0.1, -0.05) is 26.0 Å². The predicted octanol–water partition coefficient (Wildman–Crippen LogP) is 4.59. The topological polar surface area (TPSA) is 42.0 Å². The summed E-state index contributed by atoms with van der Waals surface area (Å²) in [5.74, 6) is 0.229. The van der Waals surface area contributed by atoms with E-state index in [1.165, 1.54) is 11.3 Å². The second-order valence-electron chi connectivity index (χ2n) is 4.62. The molecule has 0 aliphatic heterocycles. The van der Waals surface area contributed by atoms with Crippen molar-refractivity contribution in [2.75, 3.05) is 5.32 Å². The Bertz CT molecular complexity index is 607. The highest BCUT2D eigenvalue weighted by molar-refractivity contribution is 9.10. The zero-order valence-electron chi connectivity index (χ0n) is 11.0. The molecule has 0 aliphatic rings. The van der Waals surface area contributed by atoms with E-state index in [4.69, 9.17) is 0 Å². The number of hydrogen-bond donors (Lipinski definition) is 1. The van der Waals surface area contributed by atoms with Gasteiger partial charge in [-0.15, -0.1) is 11.3 Å². The minimum atomic E-state index is -0.139. The minimum absolute atomic E-state index is 0.139. The molecule has 0 unspecified atom stereocenters. The summed E-state index contributed by atoms with van der Waals surface area (Å²) in [7, 11) is 0. The first kappa shape index (κ1) is 14.2. The fourth-order valence-corrected chi connectivity index (χ4v) is 2.91. The third-order valence-electron chi connectivity index (χ3n) is 2.77. The first-order valence-corrected chi connectivity index (χ1v) is 7.68. The van der Waals surface area contributed by atoms with Gasteiger partial charge in [-0.25, -0.2) is 4.98 Å². The maximum atomic E-state index is 12.2. The molecule has 1 amide bonds. The monoisotopic (exact) mass is 338 g/mol. The lowest BCUT2D eigenvalue weighted by Gasteiger charge is -2.06. The number of carbonyl (C=O) groups is 1. The first-order chi connectivity index (χ1) is 8.99. The average Bonchev–Trinajstić information content (AvgIpc) is 2.81. The van der Waals surface area contributed by atoms with Crippen LogP contribution in [0.3, 0.4) is 0 Å². The first-order valence-electron chi connectivity index (χ1n) is 6.01. The summed E-state index contributed by atoms with van der Waals surface area (Å²) in [5, 5.41) is 5.46. The maximum Gasteiger partial charge on any atom is 0.258 e. The molecular weight excluding hydrogens is 324 g/mol. The van der Waals surface area contributed by atoms with Gasteiger partial charge in [0, 0.05) is 9.85 Å². The van der Waals surface area contributed by atoms with Crippen molar-refractivity contribution in [2.24, 2.45) is 0 Å². The molecule has 0 aliphatic carbocycles. The average molecular weight is 339 g/mol. The number of hydrogen-bond acceptors (Lipinski definition) is 3. The fraction of sp³-hybridized carbons (Fsp3) is 0.286. The third kappa shape index (κ3) is 3.22. The number of carbonyl (C=O) groups excluding carboxylic acids is 1. The van der Waals surface area contributed by atoms with E-state index in [0.717, 1.165) is 15.7 Å². The Labute approximate surface area is 125 Å². The molecule has 0 saturated carbocycles. The number of thiazole rings is 1. The van der Waals surface area contributed by atoms with E-state index >= 15 is 0 Å². The van der Waals surface area contributed by atoms with E-state index in [2.05, 4.69) is 40.1 Å². The molecule has 0 atom stereocenters. The van der Waals surface area contributed by atoms with Crippen LogP contribution < -0.4 is 5.32 Å². The van der Waals surface area contributed by atoms with Crippen LogP contribution in [0.5, 0.6) is 0 Å². The number of nitrogens with one attached hydrogen (secondary N) is 1. The van der Waals surface area contributed by atoms with Gasteiger partial charge in [0.1, 0.15) is 0 Å². The van der Waals surface area contributed by atoms with Gasteiger partial charge in [-0.3, -0.25) is 10.1 Å². The highest BCUT2D eigenvalue weighted by Crippen LogP contribution is 2.24. The van der Waals surface area contributed by atoms with Gasteiger partial charge < -0.3 is 0 Å². The number of aromatic nitrogens is 1. The Morgan fingerprint density at radius 3 is 2.79 bits per heavy atom. The molecule has 2 aromatic rings. The molecule has 1 aromatic carbocycles. The number of nitrogens with zero attached hydrogens (tertiary/aromatic N) is 1. The number of anilines is 1. The Balaban J connectivity index is 2.18. The fourth-order valence-electron chi connectivity index (χ4n) is 1.60. The van der Waals surface area contributed by atoms with Gasteiger partial charge in [-0.05, 0) is 40.4 Å². The van der Waals surface area contributed by atoms with Crippen LogP contribution >= 0.6 is 27.3 Å². The van der Waals surface area contributed by atoms with E-state index in [-0.39, 0.29) is 5.91 Å². The molecule has 0 fully saturated rings. The Kier molecular flexibility index (Phi) is 4.37. The molecule has 1 aromatic heterocycles. The predicted molar refractivity (Wildman–Crippen MR) is 83.0 cm³/mol. The number of benzene rings is 1. The SMILES string of the molecule is Cc1cccc(C(=O)Nc2nc(C(C)C)cs2)c1Br. The number of rotatable bonds is 3. The summed E-state index contributed by atoms with van der Waals surface area (Å²) >= 11 is 4.90. The number of aryl methyl sites for hydroxylation is 1. The molecule has 2 rings (SSSR count). The van der Waals surface area contributed by atoms with Crippen LogP contribution in [0.15, 0.2) is 28.1 Å². The molecule has 1 heterocycles. The molecule has 0 spiro atoms. The molecule has 0 radical (unpaired) electrons. The summed E-state index contributed by atoms with van der Waals surface area (Å²) in [6, 6.07) is 5.63. The van der Waals surface area contributed by atoms with E-state index < -0.39 is 0 Å². The van der Waals surface area contributed by atoms with Crippen LogP contribution in [0.25, 0.3) is 0 Å². The lowest BCUT2D eigenvalue weighted by atomic mass is 10.1. The second-order valence-corrected chi connectivity index (χ2v) is 6.27. The van der Waals surface area contributed by atoms with Crippen molar-refractivity contribution in [3.05, 3.63) is 44.9 Å². The van der Waals surface area contributed by atoms with Crippen molar-refractivity contribution in [1.82, 2.24) is 4.98 Å². The summed E-state index contributed by atoms with van der Waals surface area (Å²) in [4.78, 5) is 16.6. The van der Waals surface area contributed by atoms with Crippen molar-refractivity contribution in [3.8, 4) is 0 Å². The summed E-state index contributed by atoms with van der Waals surface area (Å²) < 4.78 is 0.827. The molecule has 100 valence electrons. The van der Waals surface area contributed by atoms with Crippen LogP contribution in [0.4, 0.5) is 5.13 Å². The van der Waals surface area contributed by atoms with Crippen LogP contribution in [0.2, 0.25) is 0 Å². The Hall–Kier alpha value is -1.20. The van der Waals surface area contributed by atoms with E-state index in [0.29, 0.717) is 16.6 Å². The van der Waals surface area contributed by atoms with Crippen molar-refractivity contribution < 1.29 is 4.79 Å². The summed E-state index contributed by atoms with van der Waals surface area (Å²) in [6.07, 6.45) is 0. The highest BCUT2D eigenvalue weighted by atomic mass is 79.9. The second kappa shape index (κ2) is 5.84. The van der Waals surface area contributed by atoms with Crippen LogP contribution in [-0.4, -0.2) is 10.9 Å². The molecule has 3 nitrogen and oxygen atoms in total. The van der Waals surface area contributed by atoms with Crippen molar-refractivity contribution >= 4 is 38.3 Å². The van der Waals surface area contributed by atoms with Gasteiger partial charge in [-0.2, -0.15) is 0 Å². The van der Waals surface area contributed by atoms with Crippen molar-refractivity contribution in [1.29, 1.82) is 0 Å². The van der Waals surface area contributed by atoms with Crippen LogP contribution in [-0.2, 0) is 0 Å².